The van der Waals surface area contributed by atoms with E-state index in [1.54, 1.807) is 18.3 Å². The molecule has 0 saturated heterocycles. The van der Waals surface area contributed by atoms with Gasteiger partial charge in [0.2, 0.25) is 5.91 Å². The second-order valence-electron chi connectivity index (χ2n) is 5.48. The van der Waals surface area contributed by atoms with Gasteiger partial charge < -0.3 is 10.4 Å². The van der Waals surface area contributed by atoms with Crippen LogP contribution in [-0.4, -0.2) is 22.6 Å². The minimum Gasteiger partial charge on any atom is -0.384 e. The fourth-order valence-electron chi connectivity index (χ4n) is 2.73. The average Bonchev–Trinajstić information content (AvgIpc) is 2.52. The van der Waals surface area contributed by atoms with E-state index < -0.39 is 0 Å². The van der Waals surface area contributed by atoms with Gasteiger partial charge in [0.25, 0.3) is 0 Å². The van der Waals surface area contributed by atoms with Crippen LogP contribution in [0.4, 0.5) is 5.82 Å². The molecule has 0 bridgehead atoms. The van der Waals surface area contributed by atoms with Crippen molar-refractivity contribution in [3.63, 3.8) is 0 Å². The molecule has 1 heterocycles. The first kappa shape index (κ1) is 15.5. The molecule has 4 nitrogen and oxygen atoms in total. The molecule has 1 saturated carbocycles. The van der Waals surface area contributed by atoms with Crippen LogP contribution in [-0.2, 0) is 4.79 Å². The van der Waals surface area contributed by atoms with E-state index in [-0.39, 0.29) is 12.5 Å². The quantitative estimate of drug-likeness (QED) is 0.837. The molecule has 21 heavy (non-hydrogen) atoms. The van der Waals surface area contributed by atoms with Crippen molar-refractivity contribution in [1.29, 1.82) is 0 Å². The molecule has 1 aromatic rings. The molecule has 0 atom stereocenters. The number of pyridine rings is 1. The zero-order chi connectivity index (χ0) is 14.9. The third-order valence-electron chi connectivity index (χ3n) is 3.84. The lowest BCUT2D eigenvalue weighted by atomic mass is 9.86. The van der Waals surface area contributed by atoms with E-state index in [9.17, 15) is 4.79 Å². The smallest absolute Gasteiger partial charge is 0.225 e. The van der Waals surface area contributed by atoms with Crippen LogP contribution >= 0.6 is 0 Å². The number of aliphatic hydroxyl groups is 1. The van der Waals surface area contributed by atoms with E-state index in [0.717, 1.165) is 12.0 Å². The van der Waals surface area contributed by atoms with Crippen molar-refractivity contribution in [1.82, 2.24) is 4.98 Å². The van der Waals surface area contributed by atoms with E-state index >= 15 is 0 Å². The summed E-state index contributed by atoms with van der Waals surface area (Å²) in [6, 6.07) is 3.47. The SMILES string of the molecule is O=C(CCC1CCCCC1)Nc1cc(C#CCO)ccn1. The molecule has 0 radical (unpaired) electrons. The Hall–Kier alpha value is -1.86. The predicted octanol–water partition coefficient (Wildman–Crippen LogP) is 2.72. The molecule has 0 unspecified atom stereocenters. The zero-order valence-electron chi connectivity index (χ0n) is 12.3. The highest BCUT2D eigenvalue weighted by molar-refractivity contribution is 5.89. The number of carbonyl (C=O) groups excluding carboxylic acids is 1. The van der Waals surface area contributed by atoms with Gasteiger partial charge in [-0.25, -0.2) is 4.98 Å². The number of hydrogen-bond acceptors (Lipinski definition) is 3. The summed E-state index contributed by atoms with van der Waals surface area (Å²) in [5, 5.41) is 11.5. The minimum absolute atomic E-state index is 0.0142. The van der Waals surface area contributed by atoms with Crippen LogP contribution in [0.5, 0.6) is 0 Å². The Bertz CT molecular complexity index is 525. The molecule has 0 aromatic carbocycles. The van der Waals surface area contributed by atoms with Gasteiger partial charge in [-0.1, -0.05) is 43.9 Å². The monoisotopic (exact) mass is 286 g/mol. The van der Waals surface area contributed by atoms with Crippen molar-refractivity contribution in [2.75, 3.05) is 11.9 Å². The fraction of sp³-hybridized carbons (Fsp3) is 0.529. The van der Waals surface area contributed by atoms with E-state index in [0.29, 0.717) is 18.2 Å². The molecule has 1 aliphatic carbocycles. The van der Waals surface area contributed by atoms with Gasteiger partial charge in [-0.05, 0) is 24.5 Å². The molecule has 4 heteroatoms. The topological polar surface area (TPSA) is 62.2 Å². The van der Waals surface area contributed by atoms with Gasteiger partial charge in [0, 0.05) is 18.2 Å². The van der Waals surface area contributed by atoms with Crippen LogP contribution in [0.25, 0.3) is 0 Å². The fourth-order valence-corrected chi connectivity index (χ4v) is 2.73. The van der Waals surface area contributed by atoms with E-state index in [2.05, 4.69) is 22.1 Å². The van der Waals surface area contributed by atoms with Crippen LogP contribution in [0.1, 0.15) is 50.5 Å². The zero-order valence-corrected chi connectivity index (χ0v) is 12.3. The summed E-state index contributed by atoms with van der Waals surface area (Å²) in [7, 11) is 0. The van der Waals surface area contributed by atoms with Crippen LogP contribution in [0.3, 0.4) is 0 Å². The standard InChI is InChI=1S/C17H22N2O2/c20-12-4-7-15-10-11-18-16(13-15)19-17(21)9-8-14-5-2-1-3-6-14/h10-11,13-14,20H,1-3,5-6,8-9,12H2,(H,18,19,21). The number of nitrogens with zero attached hydrogens (tertiary/aromatic N) is 1. The van der Waals surface area contributed by atoms with Gasteiger partial charge in [0.05, 0.1) is 0 Å². The van der Waals surface area contributed by atoms with E-state index in [1.807, 2.05) is 0 Å². The molecule has 1 amide bonds. The average molecular weight is 286 g/mol. The summed E-state index contributed by atoms with van der Waals surface area (Å²) in [4.78, 5) is 16.1. The van der Waals surface area contributed by atoms with Crippen molar-refractivity contribution in [2.45, 2.75) is 44.9 Å². The lowest BCUT2D eigenvalue weighted by molar-refractivity contribution is -0.116. The minimum atomic E-state index is -0.175. The number of aromatic nitrogens is 1. The van der Waals surface area contributed by atoms with Gasteiger partial charge in [-0.3, -0.25) is 4.79 Å². The summed E-state index contributed by atoms with van der Waals surface area (Å²) in [6.45, 7) is -0.175. The Morgan fingerprint density at radius 3 is 2.95 bits per heavy atom. The summed E-state index contributed by atoms with van der Waals surface area (Å²) in [6.07, 6.45) is 9.61. The maximum absolute atomic E-state index is 12.0. The number of nitrogens with one attached hydrogen (secondary N) is 1. The number of carbonyl (C=O) groups is 1. The number of hydrogen-bond donors (Lipinski definition) is 2. The lowest BCUT2D eigenvalue weighted by Gasteiger charge is -2.20. The first-order valence-electron chi connectivity index (χ1n) is 7.63. The third-order valence-corrected chi connectivity index (χ3v) is 3.84. The predicted molar refractivity (Wildman–Crippen MR) is 82.6 cm³/mol. The molecule has 0 aliphatic heterocycles. The van der Waals surface area contributed by atoms with Crippen LogP contribution < -0.4 is 5.32 Å². The Labute approximate surface area is 126 Å². The van der Waals surface area contributed by atoms with Crippen molar-refractivity contribution < 1.29 is 9.90 Å². The molecule has 112 valence electrons. The first-order valence-corrected chi connectivity index (χ1v) is 7.63. The molecular weight excluding hydrogens is 264 g/mol. The second kappa shape index (κ2) is 8.43. The summed E-state index contributed by atoms with van der Waals surface area (Å²) >= 11 is 0. The van der Waals surface area contributed by atoms with E-state index in [1.165, 1.54) is 32.1 Å². The molecule has 1 fully saturated rings. The largest absolute Gasteiger partial charge is 0.384 e. The van der Waals surface area contributed by atoms with Crippen molar-refractivity contribution in [2.24, 2.45) is 5.92 Å². The van der Waals surface area contributed by atoms with Crippen LogP contribution in [0.15, 0.2) is 18.3 Å². The molecule has 2 N–H and O–H groups in total. The van der Waals surface area contributed by atoms with Crippen LogP contribution in [0.2, 0.25) is 0 Å². The maximum atomic E-state index is 12.0. The van der Waals surface area contributed by atoms with Crippen molar-refractivity contribution in [3.05, 3.63) is 23.9 Å². The van der Waals surface area contributed by atoms with Gasteiger partial charge in [0.15, 0.2) is 0 Å². The second-order valence-corrected chi connectivity index (χ2v) is 5.48. The van der Waals surface area contributed by atoms with Gasteiger partial charge >= 0.3 is 0 Å². The third kappa shape index (κ3) is 5.57. The Balaban J connectivity index is 1.81. The Kier molecular flexibility index (Phi) is 6.23. The maximum Gasteiger partial charge on any atom is 0.225 e. The lowest BCUT2D eigenvalue weighted by Crippen LogP contribution is -2.15. The van der Waals surface area contributed by atoms with Crippen molar-refractivity contribution >= 4 is 11.7 Å². The molecule has 0 spiro atoms. The number of aliphatic hydroxyl groups excluding tert-OH is 1. The Morgan fingerprint density at radius 2 is 2.19 bits per heavy atom. The van der Waals surface area contributed by atoms with Gasteiger partial charge in [0.1, 0.15) is 12.4 Å². The van der Waals surface area contributed by atoms with Crippen molar-refractivity contribution in [3.8, 4) is 11.8 Å². The number of rotatable bonds is 4. The summed E-state index contributed by atoms with van der Waals surface area (Å²) in [5.74, 6) is 6.62. The van der Waals surface area contributed by atoms with Gasteiger partial charge in [-0.15, -0.1) is 0 Å². The number of amides is 1. The normalized spacial score (nSPS) is 15.1. The summed E-state index contributed by atoms with van der Waals surface area (Å²) in [5.41, 5.74) is 0.738. The van der Waals surface area contributed by atoms with E-state index in [4.69, 9.17) is 5.11 Å². The Morgan fingerprint density at radius 1 is 1.38 bits per heavy atom. The first-order chi connectivity index (χ1) is 10.3. The highest BCUT2D eigenvalue weighted by Gasteiger charge is 2.15. The highest BCUT2D eigenvalue weighted by atomic mass is 16.2. The van der Waals surface area contributed by atoms with Crippen LogP contribution in [0, 0.1) is 17.8 Å². The highest BCUT2D eigenvalue weighted by Crippen LogP contribution is 2.27. The number of anilines is 1. The molecule has 2 rings (SSSR count). The molecular formula is C17H22N2O2. The molecule has 1 aromatic heterocycles. The molecule has 1 aliphatic rings. The summed E-state index contributed by atoms with van der Waals surface area (Å²) < 4.78 is 0. The van der Waals surface area contributed by atoms with Gasteiger partial charge in [-0.2, -0.15) is 0 Å².